The summed E-state index contributed by atoms with van der Waals surface area (Å²) in [6.07, 6.45) is 0.527. The number of nitrogens with two attached hydrogens (primary N) is 1. The molecule has 3 N–H and O–H groups in total. The molecule has 1 aliphatic rings. The highest BCUT2D eigenvalue weighted by atomic mass is 19.4. The molecule has 1 rings (SSSR count). The molecule has 0 aromatic heterocycles. The van der Waals surface area contributed by atoms with Gasteiger partial charge in [0.15, 0.2) is 0 Å². The van der Waals surface area contributed by atoms with E-state index in [9.17, 15) is 13.2 Å². The van der Waals surface area contributed by atoms with E-state index < -0.39 is 11.9 Å². The molecule has 1 saturated carbocycles. The molecule has 0 amide bonds. The molecular weight excluding hydrogens is 207 g/mol. The second-order valence-electron chi connectivity index (χ2n) is 4.46. The summed E-state index contributed by atoms with van der Waals surface area (Å²) in [6.45, 7) is 0. The number of rotatable bonds is 3. The zero-order valence-corrected chi connectivity index (χ0v) is 8.69. The van der Waals surface area contributed by atoms with E-state index in [0.29, 0.717) is 12.3 Å². The average molecular weight is 225 g/mol. The molecule has 0 aromatic rings. The Hall–Kier alpha value is -0.290. The SMILES string of the molecule is NC(O)(CCC1CCCCC1)C(F)(F)F. The second kappa shape index (κ2) is 4.70. The fraction of sp³-hybridized carbons (Fsp3) is 1.00. The van der Waals surface area contributed by atoms with E-state index >= 15 is 0 Å². The lowest BCUT2D eigenvalue weighted by molar-refractivity contribution is -0.261. The van der Waals surface area contributed by atoms with Gasteiger partial charge in [-0.2, -0.15) is 13.2 Å². The monoisotopic (exact) mass is 225 g/mol. The lowest BCUT2D eigenvalue weighted by atomic mass is 9.84. The Morgan fingerprint density at radius 1 is 1.13 bits per heavy atom. The van der Waals surface area contributed by atoms with Gasteiger partial charge in [-0.15, -0.1) is 0 Å². The van der Waals surface area contributed by atoms with E-state index in [1.54, 1.807) is 0 Å². The molecule has 0 saturated heterocycles. The van der Waals surface area contributed by atoms with Crippen molar-refractivity contribution in [1.29, 1.82) is 0 Å². The summed E-state index contributed by atoms with van der Waals surface area (Å²) in [6, 6.07) is 0. The number of hydrogen-bond donors (Lipinski definition) is 2. The number of alkyl halides is 3. The molecule has 0 aromatic carbocycles. The molecule has 5 heteroatoms. The summed E-state index contributed by atoms with van der Waals surface area (Å²) in [5.41, 5.74) is 1.83. The quantitative estimate of drug-likeness (QED) is 0.725. The molecule has 2 nitrogen and oxygen atoms in total. The molecular formula is C10H18F3NO. The highest BCUT2D eigenvalue weighted by Crippen LogP contribution is 2.34. The zero-order valence-electron chi connectivity index (χ0n) is 8.69. The Morgan fingerprint density at radius 2 is 1.67 bits per heavy atom. The fourth-order valence-electron chi connectivity index (χ4n) is 2.04. The maximum absolute atomic E-state index is 12.2. The van der Waals surface area contributed by atoms with E-state index in [1.807, 2.05) is 0 Å². The second-order valence-corrected chi connectivity index (χ2v) is 4.46. The van der Waals surface area contributed by atoms with Crippen molar-refractivity contribution >= 4 is 0 Å². The standard InChI is InChI=1S/C10H18F3NO/c11-10(12,13)9(14,15)7-6-8-4-2-1-3-5-8/h8,15H,1-7,14H2. The van der Waals surface area contributed by atoms with Gasteiger partial charge >= 0.3 is 6.18 Å². The first-order valence-corrected chi connectivity index (χ1v) is 5.41. The minimum absolute atomic E-state index is 0.302. The van der Waals surface area contributed by atoms with Crippen LogP contribution in [0.5, 0.6) is 0 Å². The molecule has 0 heterocycles. The summed E-state index contributed by atoms with van der Waals surface area (Å²) >= 11 is 0. The Labute approximate surface area is 87.6 Å². The van der Waals surface area contributed by atoms with Crippen LogP contribution in [-0.4, -0.2) is 17.0 Å². The Balaban J connectivity index is 2.35. The van der Waals surface area contributed by atoms with Gasteiger partial charge in [-0.05, 0) is 18.8 Å². The van der Waals surface area contributed by atoms with Gasteiger partial charge < -0.3 is 5.11 Å². The van der Waals surface area contributed by atoms with Crippen molar-refractivity contribution in [1.82, 2.24) is 0 Å². The van der Waals surface area contributed by atoms with Crippen molar-refractivity contribution in [2.24, 2.45) is 11.7 Å². The van der Waals surface area contributed by atoms with Gasteiger partial charge in [-0.1, -0.05) is 32.1 Å². The van der Waals surface area contributed by atoms with E-state index in [2.05, 4.69) is 0 Å². The lowest BCUT2D eigenvalue weighted by Gasteiger charge is -2.29. The highest BCUT2D eigenvalue weighted by molar-refractivity contribution is 4.81. The van der Waals surface area contributed by atoms with Crippen molar-refractivity contribution < 1.29 is 18.3 Å². The average Bonchev–Trinajstić information content (AvgIpc) is 2.15. The van der Waals surface area contributed by atoms with Gasteiger partial charge in [-0.3, -0.25) is 5.73 Å². The Kier molecular flexibility index (Phi) is 4.00. The molecule has 0 aliphatic heterocycles. The predicted molar refractivity (Wildman–Crippen MR) is 51.0 cm³/mol. The maximum atomic E-state index is 12.2. The molecule has 1 aliphatic carbocycles. The number of aliphatic hydroxyl groups is 1. The van der Waals surface area contributed by atoms with Crippen LogP contribution in [0.3, 0.4) is 0 Å². The Morgan fingerprint density at radius 3 is 2.13 bits per heavy atom. The van der Waals surface area contributed by atoms with E-state index in [0.717, 1.165) is 25.7 Å². The molecule has 15 heavy (non-hydrogen) atoms. The van der Waals surface area contributed by atoms with E-state index in [4.69, 9.17) is 10.8 Å². The van der Waals surface area contributed by atoms with Gasteiger partial charge in [0.2, 0.25) is 5.72 Å². The summed E-state index contributed by atoms with van der Waals surface area (Å²) in [4.78, 5) is 0. The molecule has 1 fully saturated rings. The highest BCUT2D eigenvalue weighted by Gasteiger charge is 2.50. The smallest absolute Gasteiger partial charge is 0.368 e. The van der Waals surface area contributed by atoms with Crippen molar-refractivity contribution in [3.05, 3.63) is 0 Å². The van der Waals surface area contributed by atoms with Gasteiger partial charge in [0.25, 0.3) is 0 Å². The Bertz CT molecular complexity index is 197. The van der Waals surface area contributed by atoms with Gasteiger partial charge in [-0.25, -0.2) is 0 Å². The number of halogens is 3. The summed E-state index contributed by atoms with van der Waals surface area (Å²) in [7, 11) is 0. The van der Waals surface area contributed by atoms with Crippen molar-refractivity contribution in [3.8, 4) is 0 Å². The third kappa shape index (κ3) is 3.65. The van der Waals surface area contributed by atoms with E-state index in [1.165, 1.54) is 6.42 Å². The normalized spacial score (nSPS) is 23.8. The van der Waals surface area contributed by atoms with Crippen molar-refractivity contribution in [2.45, 2.75) is 56.8 Å². The minimum atomic E-state index is -4.72. The van der Waals surface area contributed by atoms with Crippen LogP contribution in [0.25, 0.3) is 0 Å². The summed E-state index contributed by atoms with van der Waals surface area (Å²) < 4.78 is 36.6. The molecule has 0 radical (unpaired) electrons. The molecule has 90 valence electrons. The third-order valence-electron chi connectivity index (χ3n) is 3.15. The predicted octanol–water partition coefficient (Wildman–Crippen LogP) is 2.56. The summed E-state index contributed by atoms with van der Waals surface area (Å²) in [5.74, 6) is 0.302. The van der Waals surface area contributed by atoms with Gasteiger partial charge in [0, 0.05) is 0 Å². The van der Waals surface area contributed by atoms with Crippen molar-refractivity contribution in [2.75, 3.05) is 0 Å². The first-order valence-electron chi connectivity index (χ1n) is 5.41. The van der Waals surface area contributed by atoms with Crippen LogP contribution in [0.15, 0.2) is 0 Å². The zero-order chi connectivity index (χ0) is 11.5. The largest absolute Gasteiger partial charge is 0.430 e. The van der Waals surface area contributed by atoms with Crippen LogP contribution in [0.1, 0.15) is 44.9 Å². The molecule has 1 atom stereocenters. The lowest BCUT2D eigenvalue weighted by Crippen LogP contribution is -2.53. The maximum Gasteiger partial charge on any atom is 0.430 e. The van der Waals surface area contributed by atoms with Crippen molar-refractivity contribution in [3.63, 3.8) is 0 Å². The third-order valence-corrected chi connectivity index (χ3v) is 3.15. The molecule has 0 spiro atoms. The van der Waals surface area contributed by atoms with Crippen LogP contribution >= 0.6 is 0 Å². The first-order chi connectivity index (χ1) is 6.83. The molecule has 1 unspecified atom stereocenters. The van der Waals surface area contributed by atoms with Gasteiger partial charge in [0.1, 0.15) is 0 Å². The van der Waals surface area contributed by atoms with Crippen LogP contribution < -0.4 is 5.73 Å². The van der Waals surface area contributed by atoms with Gasteiger partial charge in [0.05, 0.1) is 0 Å². The topological polar surface area (TPSA) is 46.2 Å². The summed E-state index contributed by atoms with van der Waals surface area (Å²) in [5, 5.41) is 9.03. The van der Waals surface area contributed by atoms with E-state index in [-0.39, 0.29) is 6.42 Å². The number of hydrogen-bond acceptors (Lipinski definition) is 2. The van der Waals surface area contributed by atoms with Crippen LogP contribution in [0.4, 0.5) is 13.2 Å². The first kappa shape index (κ1) is 12.8. The van der Waals surface area contributed by atoms with Crippen LogP contribution in [0.2, 0.25) is 0 Å². The van der Waals surface area contributed by atoms with Crippen LogP contribution in [-0.2, 0) is 0 Å². The fourth-order valence-corrected chi connectivity index (χ4v) is 2.04. The van der Waals surface area contributed by atoms with Crippen LogP contribution in [0, 0.1) is 5.92 Å². The molecule has 0 bridgehead atoms. The minimum Gasteiger partial charge on any atom is -0.368 e.